The highest BCUT2D eigenvalue weighted by atomic mass is 15.6. The summed E-state index contributed by atoms with van der Waals surface area (Å²) in [6, 6.07) is 9.67. The summed E-state index contributed by atoms with van der Waals surface area (Å²) < 4.78 is 1.26. The van der Waals surface area contributed by atoms with Crippen LogP contribution < -0.4 is 5.73 Å². The second-order valence-electron chi connectivity index (χ2n) is 4.20. The molecular formula is C12H8N8. The van der Waals surface area contributed by atoms with E-state index in [9.17, 15) is 0 Å². The van der Waals surface area contributed by atoms with Crippen LogP contribution in [0, 0.1) is 0 Å². The lowest BCUT2D eigenvalue weighted by atomic mass is 10.2. The van der Waals surface area contributed by atoms with E-state index in [1.54, 1.807) is 6.20 Å². The van der Waals surface area contributed by atoms with Crippen molar-refractivity contribution in [1.29, 1.82) is 0 Å². The molecule has 0 aliphatic heterocycles. The van der Waals surface area contributed by atoms with Crippen molar-refractivity contribution in [1.82, 2.24) is 35.2 Å². The fraction of sp³-hybridized carbons (Fsp3) is 0. The molecule has 3 heterocycles. The lowest BCUT2D eigenvalue weighted by molar-refractivity contribution is 0.739. The van der Waals surface area contributed by atoms with Crippen LogP contribution in [0.3, 0.4) is 0 Å². The Balaban J connectivity index is 2.08. The summed E-state index contributed by atoms with van der Waals surface area (Å²) in [5.41, 5.74) is 7.81. The summed E-state index contributed by atoms with van der Waals surface area (Å²) in [7, 11) is 0. The van der Waals surface area contributed by atoms with Gasteiger partial charge in [0.05, 0.1) is 5.39 Å². The minimum Gasteiger partial charge on any atom is -0.382 e. The summed E-state index contributed by atoms with van der Waals surface area (Å²) in [5, 5.41) is 15.9. The van der Waals surface area contributed by atoms with Crippen LogP contribution in [0.15, 0.2) is 36.5 Å². The maximum absolute atomic E-state index is 5.86. The molecule has 3 aromatic heterocycles. The topological polar surface area (TPSA) is 108 Å². The van der Waals surface area contributed by atoms with Crippen molar-refractivity contribution >= 4 is 22.4 Å². The second-order valence-corrected chi connectivity index (χ2v) is 4.20. The average Bonchev–Trinajstić information content (AvgIpc) is 2.96. The fourth-order valence-electron chi connectivity index (χ4n) is 2.01. The molecule has 8 heteroatoms. The molecule has 1 aromatic carbocycles. The first-order chi connectivity index (χ1) is 9.83. The van der Waals surface area contributed by atoms with Gasteiger partial charge < -0.3 is 5.73 Å². The quantitative estimate of drug-likeness (QED) is 0.539. The number of anilines is 1. The molecule has 0 fully saturated rings. The van der Waals surface area contributed by atoms with Gasteiger partial charge >= 0.3 is 0 Å². The van der Waals surface area contributed by atoms with E-state index in [2.05, 4.69) is 30.6 Å². The molecule has 20 heavy (non-hydrogen) atoms. The van der Waals surface area contributed by atoms with Gasteiger partial charge in [0, 0.05) is 11.8 Å². The smallest absolute Gasteiger partial charge is 0.226 e. The number of rotatable bonds is 1. The molecule has 0 spiro atoms. The molecule has 4 aromatic rings. The molecule has 0 radical (unpaired) electrons. The molecule has 0 aliphatic carbocycles. The van der Waals surface area contributed by atoms with E-state index >= 15 is 0 Å². The van der Waals surface area contributed by atoms with Gasteiger partial charge in [0.2, 0.25) is 5.65 Å². The second kappa shape index (κ2) is 3.92. The summed E-state index contributed by atoms with van der Waals surface area (Å²) >= 11 is 0. The van der Waals surface area contributed by atoms with Gasteiger partial charge in [0.15, 0.2) is 11.6 Å². The van der Waals surface area contributed by atoms with Crippen molar-refractivity contribution in [3.63, 3.8) is 0 Å². The van der Waals surface area contributed by atoms with E-state index in [4.69, 9.17) is 5.73 Å². The lowest BCUT2D eigenvalue weighted by Crippen LogP contribution is -2.03. The summed E-state index contributed by atoms with van der Waals surface area (Å²) in [6.45, 7) is 0. The van der Waals surface area contributed by atoms with Gasteiger partial charge in [-0.2, -0.15) is 0 Å². The normalized spacial score (nSPS) is 11.2. The summed E-state index contributed by atoms with van der Waals surface area (Å²) in [6.07, 6.45) is 1.64. The zero-order chi connectivity index (χ0) is 13.5. The van der Waals surface area contributed by atoms with Gasteiger partial charge in [-0.3, -0.25) is 0 Å². The number of tetrazole rings is 1. The SMILES string of the molecule is Nc1nn2nnnc2c2nc(-c3ccccc3)ncc12. The third-order valence-corrected chi connectivity index (χ3v) is 2.96. The fourth-order valence-corrected chi connectivity index (χ4v) is 2.01. The van der Waals surface area contributed by atoms with Gasteiger partial charge in [-0.15, -0.1) is 14.8 Å². The van der Waals surface area contributed by atoms with Crippen LogP contribution in [0.5, 0.6) is 0 Å². The molecule has 4 rings (SSSR count). The molecule has 2 N–H and O–H groups in total. The Bertz CT molecular complexity index is 915. The van der Waals surface area contributed by atoms with Crippen molar-refractivity contribution in [2.75, 3.05) is 5.73 Å². The molecule has 0 amide bonds. The Morgan fingerprint density at radius 3 is 2.80 bits per heavy atom. The number of aromatic nitrogens is 7. The Hall–Kier alpha value is -3.16. The summed E-state index contributed by atoms with van der Waals surface area (Å²) in [4.78, 5) is 8.83. The first-order valence-electron chi connectivity index (χ1n) is 5.89. The monoisotopic (exact) mass is 264 g/mol. The number of nitrogens with zero attached hydrogens (tertiary/aromatic N) is 7. The first-order valence-corrected chi connectivity index (χ1v) is 5.89. The van der Waals surface area contributed by atoms with Crippen molar-refractivity contribution in [3.8, 4) is 11.4 Å². The molecule has 0 unspecified atom stereocenters. The number of hydrogen-bond acceptors (Lipinski definition) is 7. The molecule has 0 aliphatic rings. The first kappa shape index (κ1) is 10.7. The highest BCUT2D eigenvalue weighted by Gasteiger charge is 2.12. The van der Waals surface area contributed by atoms with E-state index < -0.39 is 0 Å². The zero-order valence-corrected chi connectivity index (χ0v) is 10.2. The van der Waals surface area contributed by atoms with Gasteiger partial charge in [-0.25, -0.2) is 9.97 Å². The number of benzene rings is 1. The molecular weight excluding hydrogens is 256 g/mol. The van der Waals surface area contributed by atoms with Gasteiger partial charge in [0.1, 0.15) is 5.52 Å². The van der Waals surface area contributed by atoms with Crippen LogP contribution in [-0.4, -0.2) is 35.2 Å². The third-order valence-electron chi connectivity index (χ3n) is 2.96. The molecule has 0 saturated carbocycles. The van der Waals surface area contributed by atoms with Gasteiger partial charge in [-0.05, 0) is 10.4 Å². The van der Waals surface area contributed by atoms with E-state index in [0.29, 0.717) is 28.2 Å². The van der Waals surface area contributed by atoms with Gasteiger partial charge in [-0.1, -0.05) is 30.3 Å². The molecule has 0 saturated heterocycles. The maximum Gasteiger partial charge on any atom is 0.226 e. The van der Waals surface area contributed by atoms with Crippen LogP contribution in [0.25, 0.3) is 27.9 Å². The average molecular weight is 264 g/mol. The van der Waals surface area contributed by atoms with Gasteiger partial charge in [0.25, 0.3) is 0 Å². The van der Waals surface area contributed by atoms with E-state index in [0.717, 1.165) is 5.56 Å². The largest absolute Gasteiger partial charge is 0.382 e. The van der Waals surface area contributed by atoms with Crippen LogP contribution in [0.2, 0.25) is 0 Å². The van der Waals surface area contributed by atoms with Crippen molar-refractivity contribution in [3.05, 3.63) is 36.5 Å². The maximum atomic E-state index is 5.86. The number of hydrogen-bond donors (Lipinski definition) is 1. The van der Waals surface area contributed by atoms with Crippen LogP contribution in [-0.2, 0) is 0 Å². The Labute approximate surface area is 112 Å². The molecule has 0 atom stereocenters. The Morgan fingerprint density at radius 1 is 1.10 bits per heavy atom. The van der Waals surface area contributed by atoms with E-state index in [-0.39, 0.29) is 0 Å². The Kier molecular flexibility index (Phi) is 2.10. The van der Waals surface area contributed by atoms with E-state index in [1.807, 2.05) is 30.3 Å². The van der Waals surface area contributed by atoms with E-state index in [1.165, 1.54) is 4.63 Å². The van der Waals surface area contributed by atoms with Crippen LogP contribution >= 0.6 is 0 Å². The van der Waals surface area contributed by atoms with Crippen molar-refractivity contribution in [2.24, 2.45) is 0 Å². The zero-order valence-electron chi connectivity index (χ0n) is 10.2. The highest BCUT2D eigenvalue weighted by molar-refractivity contribution is 5.96. The predicted molar refractivity (Wildman–Crippen MR) is 71.5 cm³/mol. The minimum absolute atomic E-state index is 0.291. The predicted octanol–water partition coefficient (Wildman–Crippen LogP) is 0.712. The molecule has 96 valence electrons. The summed E-state index contributed by atoms with van der Waals surface area (Å²) in [5.74, 6) is 0.882. The van der Waals surface area contributed by atoms with Crippen LogP contribution in [0.4, 0.5) is 5.82 Å². The number of nitrogens with two attached hydrogens (primary N) is 1. The Morgan fingerprint density at radius 2 is 1.95 bits per heavy atom. The van der Waals surface area contributed by atoms with Crippen LogP contribution in [0.1, 0.15) is 0 Å². The molecule has 0 bridgehead atoms. The standard InChI is InChI=1S/C12H8N8/c13-10-8-6-14-11(7-4-2-1-3-5-7)15-9(8)12-16-18-19-20(12)17-10/h1-6H,(H2,13,17). The molecule has 8 nitrogen and oxygen atoms in total. The number of fused-ring (bicyclic) bond motifs is 3. The minimum atomic E-state index is 0.291. The number of nitrogen functional groups attached to an aromatic ring is 1. The lowest BCUT2D eigenvalue weighted by Gasteiger charge is -2.04. The van der Waals surface area contributed by atoms with Crippen molar-refractivity contribution in [2.45, 2.75) is 0 Å². The third kappa shape index (κ3) is 1.48. The highest BCUT2D eigenvalue weighted by Crippen LogP contribution is 2.22. The van der Waals surface area contributed by atoms with Crippen molar-refractivity contribution < 1.29 is 0 Å².